The first-order valence-corrected chi connectivity index (χ1v) is 11.1. The fraction of sp³-hybridized carbons (Fsp3) is 0.522. The number of amidine groups is 1. The van der Waals surface area contributed by atoms with Gasteiger partial charge < -0.3 is 4.74 Å². The fourth-order valence-corrected chi connectivity index (χ4v) is 5.50. The molecule has 2 aliphatic carbocycles. The molecule has 2 bridgehead atoms. The number of hydrogen-bond donors (Lipinski definition) is 1. The third-order valence-corrected chi connectivity index (χ3v) is 7.87. The van der Waals surface area contributed by atoms with E-state index in [1.165, 1.54) is 30.3 Å². The van der Waals surface area contributed by atoms with Gasteiger partial charge in [0.2, 0.25) is 0 Å². The second-order valence-corrected chi connectivity index (χ2v) is 10.3. The molecule has 0 spiro atoms. The third kappa shape index (κ3) is 3.63. The van der Waals surface area contributed by atoms with Crippen LogP contribution in [-0.2, 0) is 4.79 Å². The molecule has 1 amide bonds. The summed E-state index contributed by atoms with van der Waals surface area (Å²) in [4.78, 5) is 13.0. The molecule has 3 fully saturated rings. The first-order valence-electron chi connectivity index (χ1n) is 10.3. The molecule has 0 radical (unpaired) electrons. The van der Waals surface area contributed by atoms with E-state index >= 15 is 0 Å². The van der Waals surface area contributed by atoms with Crippen LogP contribution in [-0.4, -0.2) is 22.9 Å². The summed E-state index contributed by atoms with van der Waals surface area (Å²) in [7, 11) is 0. The maximum atomic E-state index is 12.3. The van der Waals surface area contributed by atoms with Crippen LogP contribution in [0.5, 0.6) is 5.75 Å². The lowest BCUT2D eigenvalue weighted by molar-refractivity contribution is -0.115. The van der Waals surface area contributed by atoms with Gasteiger partial charge in [0.15, 0.2) is 5.17 Å². The van der Waals surface area contributed by atoms with Crippen LogP contribution in [0.4, 0.5) is 0 Å². The molecule has 1 aromatic carbocycles. The summed E-state index contributed by atoms with van der Waals surface area (Å²) in [6.07, 6.45) is 5.48. The van der Waals surface area contributed by atoms with Gasteiger partial charge >= 0.3 is 0 Å². The average molecular weight is 412 g/mol. The summed E-state index contributed by atoms with van der Waals surface area (Å²) in [5.74, 6) is 1.39. The monoisotopic (exact) mass is 411 g/mol. The van der Waals surface area contributed by atoms with Gasteiger partial charge in [-0.1, -0.05) is 32.9 Å². The van der Waals surface area contributed by atoms with E-state index in [1.54, 1.807) is 0 Å². The van der Waals surface area contributed by atoms with Crippen molar-refractivity contribution in [2.75, 3.05) is 0 Å². The lowest BCUT2D eigenvalue weighted by Gasteiger charge is -2.34. The number of carbonyl (C=O) groups excluding carboxylic acids is 1. The highest BCUT2D eigenvalue weighted by molar-refractivity contribution is 8.18. The highest BCUT2D eigenvalue weighted by atomic mass is 32.2. The first kappa shape index (κ1) is 20.2. The Kier molecular flexibility index (Phi) is 5.09. The number of nitrogens with one attached hydrogen (secondary N) is 1. The van der Waals surface area contributed by atoms with Gasteiger partial charge in [0.1, 0.15) is 5.75 Å². The smallest absolute Gasteiger partial charge is 0.264 e. The zero-order valence-electron chi connectivity index (χ0n) is 17.8. The summed E-state index contributed by atoms with van der Waals surface area (Å²) < 4.78 is 5.66. The van der Waals surface area contributed by atoms with E-state index in [2.05, 4.69) is 36.3 Å². The van der Waals surface area contributed by atoms with Crippen molar-refractivity contribution in [3.63, 3.8) is 0 Å². The van der Waals surface area contributed by atoms with Gasteiger partial charge in [-0.3, -0.25) is 10.1 Å². The van der Waals surface area contributed by atoms with E-state index in [4.69, 9.17) is 4.74 Å². The Morgan fingerprint density at radius 1 is 1.21 bits per heavy atom. The lowest BCUT2D eigenvalue weighted by atomic mass is 9.70. The molecular weight excluding hydrogens is 382 g/mol. The Balaban J connectivity index is 1.48. The number of carbonyl (C=O) groups is 1. The van der Waals surface area contributed by atoms with Crippen LogP contribution in [0.1, 0.15) is 59.4 Å². The Morgan fingerprint density at radius 3 is 2.52 bits per heavy atom. The number of fused-ring (bicyclic) bond motifs is 2. The maximum Gasteiger partial charge on any atom is 0.264 e. The molecule has 4 rings (SSSR count). The van der Waals surface area contributed by atoms with Crippen molar-refractivity contribution in [3.05, 3.63) is 34.7 Å². The highest BCUT2D eigenvalue weighted by Gasteiger charge is 2.60. The lowest BCUT2D eigenvalue weighted by Crippen LogP contribution is -2.32. The Morgan fingerprint density at radius 2 is 1.93 bits per heavy atom. The molecular formula is C23H29N3O2S. The summed E-state index contributed by atoms with van der Waals surface area (Å²) in [6, 6.07) is 7.74. The van der Waals surface area contributed by atoms with Crippen molar-refractivity contribution in [1.29, 1.82) is 0 Å². The van der Waals surface area contributed by atoms with Crippen LogP contribution >= 0.6 is 11.8 Å². The van der Waals surface area contributed by atoms with Gasteiger partial charge in [-0.05, 0) is 80.0 Å². The van der Waals surface area contributed by atoms with Crippen molar-refractivity contribution < 1.29 is 9.53 Å². The topological polar surface area (TPSA) is 63.1 Å². The number of thioether (sulfide) groups is 1. The van der Waals surface area contributed by atoms with Crippen LogP contribution in [0.25, 0.3) is 6.08 Å². The average Bonchev–Trinajstić information content (AvgIpc) is 3.18. The van der Waals surface area contributed by atoms with Gasteiger partial charge in [0.05, 0.1) is 11.0 Å². The van der Waals surface area contributed by atoms with E-state index < -0.39 is 0 Å². The Labute approximate surface area is 177 Å². The van der Waals surface area contributed by atoms with E-state index in [0.29, 0.717) is 16.0 Å². The normalized spacial score (nSPS) is 32.0. The predicted octanol–water partition coefficient (Wildman–Crippen LogP) is 5.24. The van der Waals surface area contributed by atoms with Gasteiger partial charge in [-0.2, -0.15) is 5.10 Å². The maximum absolute atomic E-state index is 12.3. The fourth-order valence-electron chi connectivity index (χ4n) is 4.73. The molecule has 2 atom stereocenters. The third-order valence-electron chi connectivity index (χ3n) is 6.97. The van der Waals surface area contributed by atoms with Crippen LogP contribution in [0.2, 0.25) is 0 Å². The second-order valence-electron chi connectivity index (χ2n) is 9.25. The molecule has 1 aliphatic heterocycles. The molecule has 1 aromatic rings. The number of amides is 1. The van der Waals surface area contributed by atoms with E-state index in [1.807, 2.05) is 44.2 Å². The Hall–Kier alpha value is -2.08. The summed E-state index contributed by atoms with van der Waals surface area (Å²) in [5.41, 5.74) is 2.52. The van der Waals surface area contributed by atoms with Crippen molar-refractivity contribution in [2.45, 2.75) is 60.0 Å². The van der Waals surface area contributed by atoms with Crippen molar-refractivity contribution in [3.8, 4) is 5.75 Å². The summed E-state index contributed by atoms with van der Waals surface area (Å²) in [5, 5.41) is 12.4. The SMILES string of the molecule is CC(C)Oc1ccc(/C=C2/S/C(=N\N=C3/CC4CCC3(C)C4(C)C)NC2=O)cc1. The first-order chi connectivity index (χ1) is 13.7. The number of nitrogens with zero attached hydrogens (tertiary/aromatic N) is 2. The molecule has 1 saturated heterocycles. The second kappa shape index (κ2) is 7.31. The molecule has 2 saturated carbocycles. The molecule has 0 aromatic heterocycles. The predicted molar refractivity (Wildman–Crippen MR) is 120 cm³/mol. The highest BCUT2D eigenvalue weighted by Crippen LogP contribution is 2.64. The Bertz CT molecular complexity index is 915. The standard InChI is InChI=1S/C23H29N3O2S/c1-14(2)28-17-8-6-15(7-9-17)12-18-20(27)24-21(29-18)26-25-19-13-16-10-11-23(19,5)22(16,3)4/h6-9,12,14,16H,10-11,13H2,1-5H3,(H,24,26,27)/b18-12+,25-19+. The molecule has 5 nitrogen and oxygen atoms in total. The summed E-state index contributed by atoms with van der Waals surface area (Å²) >= 11 is 1.34. The zero-order chi connectivity index (χ0) is 20.8. The summed E-state index contributed by atoms with van der Waals surface area (Å²) in [6.45, 7) is 11.0. The molecule has 6 heteroatoms. The number of hydrogen-bond acceptors (Lipinski definition) is 5. The minimum absolute atomic E-state index is 0.119. The number of ether oxygens (including phenoxy) is 1. The molecule has 1 N–H and O–H groups in total. The van der Waals surface area contributed by atoms with Crippen molar-refractivity contribution in [2.24, 2.45) is 27.0 Å². The van der Waals surface area contributed by atoms with Gasteiger partial charge in [-0.15, -0.1) is 5.10 Å². The van der Waals surface area contributed by atoms with Crippen LogP contribution in [0.3, 0.4) is 0 Å². The number of rotatable bonds is 4. The van der Waals surface area contributed by atoms with Gasteiger partial charge in [0.25, 0.3) is 5.91 Å². The zero-order valence-corrected chi connectivity index (χ0v) is 18.6. The molecule has 3 aliphatic rings. The van der Waals surface area contributed by atoms with Crippen LogP contribution in [0.15, 0.2) is 39.4 Å². The molecule has 1 heterocycles. The van der Waals surface area contributed by atoms with Crippen molar-refractivity contribution >= 4 is 34.6 Å². The van der Waals surface area contributed by atoms with E-state index in [0.717, 1.165) is 17.7 Å². The van der Waals surface area contributed by atoms with Gasteiger partial charge in [0, 0.05) is 11.1 Å². The van der Waals surface area contributed by atoms with Crippen LogP contribution < -0.4 is 10.1 Å². The quantitative estimate of drug-likeness (QED) is 0.545. The van der Waals surface area contributed by atoms with E-state index in [-0.39, 0.29) is 22.8 Å². The minimum atomic E-state index is -0.129. The van der Waals surface area contributed by atoms with E-state index in [9.17, 15) is 4.79 Å². The minimum Gasteiger partial charge on any atom is -0.491 e. The van der Waals surface area contributed by atoms with Gasteiger partial charge in [-0.25, -0.2) is 0 Å². The molecule has 2 unspecified atom stereocenters. The number of benzene rings is 1. The van der Waals surface area contributed by atoms with Crippen molar-refractivity contribution in [1.82, 2.24) is 5.32 Å². The largest absolute Gasteiger partial charge is 0.491 e. The van der Waals surface area contributed by atoms with Crippen LogP contribution in [0, 0.1) is 16.7 Å². The molecule has 154 valence electrons. The molecule has 29 heavy (non-hydrogen) atoms.